The van der Waals surface area contributed by atoms with Gasteiger partial charge in [-0.1, -0.05) is 51.1 Å². The average molecular weight is 556 g/mol. The van der Waals surface area contributed by atoms with Crippen molar-refractivity contribution in [3.63, 3.8) is 0 Å². The molecule has 0 saturated carbocycles. The molecule has 3 atom stereocenters. The van der Waals surface area contributed by atoms with Crippen LogP contribution in [0.1, 0.15) is 38.2 Å². The van der Waals surface area contributed by atoms with Gasteiger partial charge in [0.25, 0.3) is 0 Å². The number of carbonyl (C=O) groups is 2. The number of aliphatic hydroxyl groups excluding tert-OH is 1. The van der Waals surface area contributed by atoms with E-state index < -0.39 is 47.7 Å². The highest BCUT2D eigenvalue weighted by Gasteiger charge is 2.42. The molecule has 11 heteroatoms. The number of hydrogen-bond acceptors (Lipinski definition) is 5. The summed E-state index contributed by atoms with van der Waals surface area (Å²) in [6, 6.07) is 11.4. The van der Waals surface area contributed by atoms with E-state index in [0.29, 0.717) is 12.4 Å². The molecule has 1 saturated heterocycles. The predicted octanol–water partition coefficient (Wildman–Crippen LogP) is 3.72. The van der Waals surface area contributed by atoms with Crippen LogP contribution in [0.4, 0.5) is 13.6 Å². The van der Waals surface area contributed by atoms with Crippen LogP contribution in [-0.4, -0.2) is 73.8 Å². The largest absolute Gasteiger partial charge is 0.465 e. The molecule has 214 valence electrons. The van der Waals surface area contributed by atoms with E-state index >= 15 is 0 Å². The molecule has 4 rings (SSSR count). The number of benzene rings is 2. The van der Waals surface area contributed by atoms with Crippen LogP contribution >= 0.6 is 0 Å². The highest BCUT2D eigenvalue weighted by molar-refractivity contribution is 5.78. The molecule has 2 aromatic carbocycles. The third-order valence-corrected chi connectivity index (χ3v) is 7.23. The molecular formula is C29H35F2N5O4. The first-order valence-electron chi connectivity index (χ1n) is 13.1. The summed E-state index contributed by atoms with van der Waals surface area (Å²) in [7, 11) is 0. The number of carbonyl (C=O) groups excluding carboxylic acids is 1. The summed E-state index contributed by atoms with van der Waals surface area (Å²) in [4.78, 5) is 32.3. The molecule has 1 aromatic heterocycles. The third kappa shape index (κ3) is 6.31. The second kappa shape index (κ2) is 11.7. The van der Waals surface area contributed by atoms with E-state index in [9.17, 15) is 28.6 Å². The van der Waals surface area contributed by atoms with Gasteiger partial charge in [-0.05, 0) is 29.2 Å². The summed E-state index contributed by atoms with van der Waals surface area (Å²) in [5.41, 5.74) is 6.75. The predicted molar refractivity (Wildman–Crippen MR) is 145 cm³/mol. The maximum absolute atomic E-state index is 14.8. The number of carboxylic acid groups (broad SMARTS) is 1. The number of rotatable bonds is 8. The SMILES string of the molecule is CC(C)(C)[C@H](c1nc(-c2cc(F)ccc2F)cn1Cc1ccccc1)N(CC1CN(C(=O)O)CC1N)C(=O)CO. The fraction of sp³-hybridized carbons (Fsp3) is 0.414. The van der Waals surface area contributed by atoms with E-state index in [1.807, 2.05) is 51.1 Å². The van der Waals surface area contributed by atoms with E-state index in [1.165, 1.54) is 9.80 Å². The number of aliphatic hydroxyl groups is 1. The smallest absolute Gasteiger partial charge is 0.407 e. The molecule has 2 unspecified atom stereocenters. The van der Waals surface area contributed by atoms with Crippen molar-refractivity contribution in [3.05, 3.63) is 77.8 Å². The lowest BCUT2D eigenvalue weighted by Gasteiger charge is -2.41. The highest BCUT2D eigenvalue weighted by Crippen LogP contribution is 2.40. The monoisotopic (exact) mass is 555 g/mol. The van der Waals surface area contributed by atoms with E-state index in [-0.39, 0.29) is 36.8 Å². The Kier molecular flexibility index (Phi) is 8.55. The van der Waals surface area contributed by atoms with E-state index in [0.717, 1.165) is 23.8 Å². The highest BCUT2D eigenvalue weighted by atomic mass is 19.1. The summed E-state index contributed by atoms with van der Waals surface area (Å²) in [6.45, 7) is 5.65. The lowest BCUT2D eigenvalue weighted by atomic mass is 9.84. The van der Waals surface area contributed by atoms with Crippen molar-refractivity contribution in [1.82, 2.24) is 19.4 Å². The van der Waals surface area contributed by atoms with Gasteiger partial charge in [0.1, 0.15) is 24.1 Å². The molecule has 1 aliphatic heterocycles. The summed E-state index contributed by atoms with van der Waals surface area (Å²) >= 11 is 0. The fourth-order valence-electron chi connectivity index (χ4n) is 5.31. The molecule has 1 aliphatic rings. The first-order chi connectivity index (χ1) is 18.9. The Morgan fingerprint density at radius 3 is 2.45 bits per heavy atom. The molecule has 2 amide bonds. The first kappa shape index (κ1) is 29.2. The Balaban J connectivity index is 1.84. The van der Waals surface area contributed by atoms with Crippen LogP contribution in [-0.2, 0) is 11.3 Å². The van der Waals surface area contributed by atoms with Gasteiger partial charge >= 0.3 is 6.09 Å². The fourth-order valence-corrected chi connectivity index (χ4v) is 5.31. The van der Waals surface area contributed by atoms with E-state index in [2.05, 4.69) is 0 Å². The number of nitrogens with zero attached hydrogens (tertiary/aromatic N) is 4. The summed E-state index contributed by atoms with van der Waals surface area (Å²) < 4.78 is 30.8. The Morgan fingerprint density at radius 2 is 1.85 bits per heavy atom. The second-order valence-corrected chi connectivity index (χ2v) is 11.3. The summed E-state index contributed by atoms with van der Waals surface area (Å²) in [5.74, 6) is -1.79. The Hall–Kier alpha value is -3.83. The summed E-state index contributed by atoms with van der Waals surface area (Å²) in [5, 5.41) is 19.4. The van der Waals surface area contributed by atoms with Crippen LogP contribution in [0, 0.1) is 23.0 Å². The lowest BCUT2D eigenvalue weighted by Crippen LogP contribution is -2.48. The van der Waals surface area contributed by atoms with Gasteiger partial charge in [-0.25, -0.2) is 18.6 Å². The van der Waals surface area contributed by atoms with Gasteiger partial charge in [-0.15, -0.1) is 0 Å². The lowest BCUT2D eigenvalue weighted by molar-refractivity contribution is -0.140. The molecule has 2 heterocycles. The Labute approximate surface area is 231 Å². The first-order valence-corrected chi connectivity index (χ1v) is 13.1. The van der Waals surface area contributed by atoms with Crippen LogP contribution in [0.3, 0.4) is 0 Å². The molecule has 0 aliphatic carbocycles. The maximum Gasteiger partial charge on any atom is 0.407 e. The van der Waals surface area contributed by atoms with Crippen molar-refractivity contribution in [2.24, 2.45) is 17.1 Å². The van der Waals surface area contributed by atoms with Crippen molar-refractivity contribution in [3.8, 4) is 11.3 Å². The van der Waals surface area contributed by atoms with Gasteiger partial charge in [-0.2, -0.15) is 0 Å². The Bertz CT molecular complexity index is 1360. The van der Waals surface area contributed by atoms with Crippen LogP contribution in [0.5, 0.6) is 0 Å². The van der Waals surface area contributed by atoms with Crippen molar-refractivity contribution >= 4 is 12.0 Å². The van der Waals surface area contributed by atoms with Crippen molar-refractivity contribution in [2.75, 3.05) is 26.2 Å². The van der Waals surface area contributed by atoms with Crippen LogP contribution in [0.15, 0.2) is 54.7 Å². The van der Waals surface area contributed by atoms with Crippen LogP contribution < -0.4 is 5.73 Å². The standard InChI is InChI=1S/C29H35F2N5O4/c1-29(2,3)26(36(25(38)17-37)14-19-13-35(28(39)40)15-23(19)32)27-33-24(21-11-20(30)9-10-22(21)31)16-34(27)12-18-7-5-4-6-8-18/h4-11,16,19,23,26,37H,12-15,17,32H2,1-3H3,(H,39,40)/t19?,23?,26-/m0/s1. The number of hydrogen-bond donors (Lipinski definition) is 3. The minimum Gasteiger partial charge on any atom is -0.465 e. The maximum atomic E-state index is 14.8. The molecule has 0 radical (unpaired) electrons. The number of nitrogens with two attached hydrogens (primary N) is 1. The van der Waals surface area contributed by atoms with Crippen LogP contribution in [0.25, 0.3) is 11.3 Å². The average Bonchev–Trinajstić information content (AvgIpc) is 3.47. The quantitative estimate of drug-likeness (QED) is 0.389. The number of amides is 2. The zero-order valence-electron chi connectivity index (χ0n) is 22.8. The van der Waals surface area contributed by atoms with Gasteiger partial charge in [0, 0.05) is 49.9 Å². The van der Waals surface area contributed by atoms with Crippen molar-refractivity contribution in [1.29, 1.82) is 0 Å². The minimum atomic E-state index is -1.09. The minimum absolute atomic E-state index is 0.0179. The zero-order valence-corrected chi connectivity index (χ0v) is 22.8. The van der Waals surface area contributed by atoms with Gasteiger partial charge < -0.3 is 30.3 Å². The third-order valence-electron chi connectivity index (χ3n) is 7.23. The second-order valence-electron chi connectivity index (χ2n) is 11.3. The van der Waals surface area contributed by atoms with Gasteiger partial charge in [0.05, 0.1) is 11.7 Å². The van der Waals surface area contributed by atoms with Gasteiger partial charge in [0.15, 0.2) is 0 Å². The number of halogens is 2. The molecule has 3 aromatic rings. The number of aromatic nitrogens is 2. The summed E-state index contributed by atoms with van der Waals surface area (Å²) in [6.07, 6.45) is 0.541. The number of imidazole rings is 1. The molecule has 1 fully saturated rings. The van der Waals surface area contributed by atoms with Crippen molar-refractivity contribution in [2.45, 2.75) is 39.4 Å². The number of likely N-dealkylation sites (tertiary alicyclic amines) is 1. The molecule has 40 heavy (non-hydrogen) atoms. The molecule has 9 nitrogen and oxygen atoms in total. The molecule has 4 N–H and O–H groups in total. The van der Waals surface area contributed by atoms with Crippen LogP contribution in [0.2, 0.25) is 0 Å². The molecule has 0 spiro atoms. The Morgan fingerprint density at radius 1 is 1.15 bits per heavy atom. The topological polar surface area (TPSA) is 125 Å². The van der Waals surface area contributed by atoms with E-state index in [1.54, 1.807) is 10.8 Å². The molecular weight excluding hydrogens is 520 g/mol. The van der Waals surface area contributed by atoms with Gasteiger partial charge in [0.2, 0.25) is 5.91 Å². The zero-order chi connectivity index (χ0) is 29.2. The normalized spacial score (nSPS) is 18.1. The molecule has 0 bridgehead atoms. The van der Waals surface area contributed by atoms with Gasteiger partial charge in [-0.3, -0.25) is 4.79 Å². The van der Waals surface area contributed by atoms with Crippen molar-refractivity contribution < 1.29 is 28.6 Å². The van der Waals surface area contributed by atoms with E-state index in [4.69, 9.17) is 10.7 Å².